The van der Waals surface area contributed by atoms with Crippen LogP contribution in [-0.4, -0.2) is 12.3 Å². The van der Waals surface area contributed by atoms with Gasteiger partial charge in [0, 0.05) is 12.0 Å². The maximum atomic E-state index is 12.4. The summed E-state index contributed by atoms with van der Waals surface area (Å²) in [6.45, 7) is 0.654. The van der Waals surface area contributed by atoms with Crippen LogP contribution >= 0.6 is 0 Å². The lowest BCUT2D eigenvalue weighted by Gasteiger charge is -2.40. The average Bonchev–Trinajstić information content (AvgIpc) is 2.32. The molecule has 1 aromatic carbocycles. The molecule has 2 nitrogen and oxygen atoms in total. The van der Waals surface area contributed by atoms with Gasteiger partial charge < -0.3 is 5.73 Å². The summed E-state index contributed by atoms with van der Waals surface area (Å²) in [5.74, 6) is 0.978. The largest absolute Gasteiger partial charge is 0.330 e. The lowest BCUT2D eigenvalue weighted by atomic mass is 9.65. The lowest BCUT2D eigenvalue weighted by molar-refractivity contribution is 0.0786. The van der Waals surface area contributed by atoms with Crippen molar-refractivity contribution in [2.45, 2.75) is 50.9 Å². The van der Waals surface area contributed by atoms with Gasteiger partial charge in [0.15, 0.2) is 5.78 Å². The molecule has 0 aromatic heterocycles. The number of carbonyl (C=O) groups excluding carboxylic acids is 1. The van der Waals surface area contributed by atoms with Gasteiger partial charge in [-0.25, -0.2) is 0 Å². The van der Waals surface area contributed by atoms with Gasteiger partial charge in [0.1, 0.15) is 0 Å². The first-order valence-corrected chi connectivity index (χ1v) is 7.56. The van der Waals surface area contributed by atoms with E-state index in [1.807, 2.05) is 12.1 Å². The molecule has 2 N–H and O–H groups in total. The molecule has 1 aromatic rings. The van der Waals surface area contributed by atoms with Crippen LogP contribution in [0.1, 0.15) is 66.8 Å². The maximum Gasteiger partial charge on any atom is 0.163 e. The number of ketones is 1. The summed E-state index contributed by atoms with van der Waals surface area (Å²) in [7, 11) is 0. The Hall–Kier alpha value is -1.15. The van der Waals surface area contributed by atoms with Gasteiger partial charge in [-0.3, -0.25) is 4.79 Å². The van der Waals surface area contributed by atoms with Crippen LogP contribution < -0.4 is 5.73 Å². The lowest BCUT2D eigenvalue weighted by Crippen LogP contribution is -2.39. The van der Waals surface area contributed by atoms with Crippen LogP contribution in [-0.2, 0) is 0 Å². The summed E-state index contributed by atoms with van der Waals surface area (Å²) < 4.78 is 0. The van der Waals surface area contributed by atoms with Gasteiger partial charge in [0.2, 0.25) is 0 Å². The van der Waals surface area contributed by atoms with Crippen LogP contribution in [0, 0.1) is 5.41 Å². The fraction of sp³-hybridized carbons (Fsp3) is 0.588. The van der Waals surface area contributed by atoms with Gasteiger partial charge in [-0.1, -0.05) is 31.0 Å². The highest BCUT2D eigenvalue weighted by molar-refractivity contribution is 5.96. The first-order valence-electron chi connectivity index (χ1n) is 7.56. The smallest absolute Gasteiger partial charge is 0.163 e. The molecule has 0 spiro atoms. The minimum Gasteiger partial charge on any atom is -0.330 e. The van der Waals surface area contributed by atoms with Crippen molar-refractivity contribution in [1.82, 2.24) is 0 Å². The van der Waals surface area contributed by atoms with Crippen LogP contribution in [0.15, 0.2) is 24.3 Å². The highest BCUT2D eigenvalue weighted by atomic mass is 16.1. The summed E-state index contributed by atoms with van der Waals surface area (Å²) in [6.07, 6.45) is 8.01. The van der Waals surface area contributed by atoms with Crippen LogP contribution in [0.5, 0.6) is 0 Å². The molecule has 2 saturated carbocycles. The van der Waals surface area contributed by atoms with E-state index in [1.165, 1.54) is 31.2 Å². The minimum atomic E-state index is 0.115. The molecule has 0 heterocycles. The number of rotatable bonds is 5. The second kappa shape index (κ2) is 5.09. The van der Waals surface area contributed by atoms with Crippen molar-refractivity contribution in [3.05, 3.63) is 35.4 Å². The van der Waals surface area contributed by atoms with Crippen molar-refractivity contribution in [3.63, 3.8) is 0 Å². The van der Waals surface area contributed by atoms with Crippen LogP contribution in [0.2, 0.25) is 0 Å². The van der Waals surface area contributed by atoms with E-state index in [0.29, 0.717) is 18.9 Å². The molecule has 102 valence electrons. The number of hydrogen-bond acceptors (Lipinski definition) is 2. The topological polar surface area (TPSA) is 43.1 Å². The number of Topliss-reactive ketones (excluding diaryl/α,β-unsaturated/α-hetero) is 1. The maximum absolute atomic E-state index is 12.4. The molecular weight excluding hydrogens is 234 g/mol. The third-order valence-electron chi connectivity index (χ3n) is 5.17. The Balaban J connectivity index is 1.72. The van der Waals surface area contributed by atoms with Crippen LogP contribution in [0.25, 0.3) is 0 Å². The van der Waals surface area contributed by atoms with Crippen LogP contribution in [0.4, 0.5) is 0 Å². The average molecular weight is 257 g/mol. The first kappa shape index (κ1) is 12.9. The third-order valence-corrected chi connectivity index (χ3v) is 5.17. The highest BCUT2D eigenvalue weighted by Crippen LogP contribution is 2.44. The normalized spacial score (nSPS) is 21.5. The van der Waals surface area contributed by atoms with Crippen molar-refractivity contribution >= 4 is 5.78 Å². The summed E-state index contributed by atoms with van der Waals surface area (Å²) in [6, 6.07) is 8.29. The second-order valence-corrected chi connectivity index (χ2v) is 6.41. The molecule has 0 saturated heterocycles. The Morgan fingerprint density at radius 1 is 1.26 bits per heavy atom. The monoisotopic (exact) mass is 257 g/mol. The molecule has 19 heavy (non-hydrogen) atoms. The molecule has 0 bridgehead atoms. The van der Waals surface area contributed by atoms with E-state index in [1.54, 1.807) is 0 Å². The minimum absolute atomic E-state index is 0.115. The van der Waals surface area contributed by atoms with E-state index in [2.05, 4.69) is 12.1 Å². The number of hydrogen-bond donors (Lipinski definition) is 1. The fourth-order valence-corrected chi connectivity index (χ4v) is 3.28. The van der Waals surface area contributed by atoms with Gasteiger partial charge in [-0.15, -0.1) is 0 Å². The quantitative estimate of drug-likeness (QED) is 0.818. The summed E-state index contributed by atoms with van der Waals surface area (Å²) in [5, 5.41) is 0. The Labute approximate surface area is 115 Å². The molecule has 2 fully saturated rings. The van der Waals surface area contributed by atoms with E-state index < -0.39 is 0 Å². The highest BCUT2D eigenvalue weighted by Gasteiger charge is 2.37. The Morgan fingerprint density at radius 3 is 2.58 bits per heavy atom. The summed E-state index contributed by atoms with van der Waals surface area (Å²) in [5.41, 5.74) is 8.21. The van der Waals surface area contributed by atoms with E-state index >= 15 is 0 Å². The second-order valence-electron chi connectivity index (χ2n) is 6.41. The van der Waals surface area contributed by atoms with E-state index in [4.69, 9.17) is 5.73 Å². The van der Waals surface area contributed by atoms with Crippen molar-refractivity contribution in [2.75, 3.05) is 6.54 Å². The molecule has 2 heteroatoms. The summed E-state index contributed by atoms with van der Waals surface area (Å²) in [4.78, 5) is 12.4. The van der Waals surface area contributed by atoms with E-state index in [9.17, 15) is 4.79 Å². The van der Waals surface area contributed by atoms with Crippen molar-refractivity contribution in [3.8, 4) is 0 Å². The van der Waals surface area contributed by atoms with E-state index in [-0.39, 0.29) is 11.2 Å². The molecule has 0 aliphatic heterocycles. The van der Waals surface area contributed by atoms with Gasteiger partial charge in [-0.2, -0.15) is 0 Å². The molecular formula is C17H23NO. The molecule has 2 aliphatic carbocycles. The Kier molecular flexibility index (Phi) is 3.44. The molecule has 0 atom stereocenters. The summed E-state index contributed by atoms with van der Waals surface area (Å²) >= 11 is 0. The SMILES string of the molecule is NCC1(CC(=O)c2cccc(C3CCC3)c2)CCC1. The molecule has 0 radical (unpaired) electrons. The first-order chi connectivity index (χ1) is 9.22. The molecule has 0 unspecified atom stereocenters. The van der Waals surface area contributed by atoms with Crippen molar-refractivity contribution in [1.29, 1.82) is 0 Å². The third kappa shape index (κ3) is 2.46. The van der Waals surface area contributed by atoms with Crippen molar-refractivity contribution in [2.24, 2.45) is 11.1 Å². The molecule has 3 rings (SSSR count). The van der Waals surface area contributed by atoms with Gasteiger partial charge >= 0.3 is 0 Å². The van der Waals surface area contributed by atoms with Crippen LogP contribution in [0.3, 0.4) is 0 Å². The zero-order valence-electron chi connectivity index (χ0n) is 11.5. The molecule has 2 aliphatic rings. The fourth-order valence-electron chi connectivity index (χ4n) is 3.28. The zero-order valence-corrected chi connectivity index (χ0v) is 11.5. The van der Waals surface area contributed by atoms with Crippen molar-refractivity contribution < 1.29 is 4.79 Å². The molecule has 0 amide bonds. The van der Waals surface area contributed by atoms with Gasteiger partial charge in [-0.05, 0) is 55.2 Å². The van der Waals surface area contributed by atoms with E-state index in [0.717, 1.165) is 18.4 Å². The number of benzene rings is 1. The Morgan fingerprint density at radius 2 is 2.05 bits per heavy atom. The number of carbonyl (C=O) groups is 1. The predicted molar refractivity (Wildman–Crippen MR) is 77.3 cm³/mol. The van der Waals surface area contributed by atoms with Gasteiger partial charge in [0.05, 0.1) is 0 Å². The predicted octanol–water partition coefficient (Wildman–Crippen LogP) is 3.66. The Bertz CT molecular complexity index is 466. The van der Waals surface area contributed by atoms with Gasteiger partial charge in [0.25, 0.3) is 0 Å². The standard InChI is InChI=1S/C17H23NO/c18-12-17(8-3-9-17)11-16(19)15-7-2-6-14(10-15)13-4-1-5-13/h2,6-7,10,13H,1,3-5,8-9,11-12,18H2. The zero-order chi connectivity index (χ0) is 13.3. The number of nitrogens with two attached hydrogens (primary N) is 1.